The molecule has 4 N–H and O–H groups in total. The highest BCUT2D eigenvalue weighted by atomic mass is 16.5. The number of anilines is 2. The highest BCUT2D eigenvalue weighted by molar-refractivity contribution is 5.97. The number of ether oxygens (including phenoxy) is 1. The molecule has 4 fully saturated rings. The monoisotopic (exact) mass is 345 g/mol. The summed E-state index contributed by atoms with van der Waals surface area (Å²) in [4.78, 5) is 20.5. The van der Waals surface area contributed by atoms with Gasteiger partial charge in [-0.05, 0) is 57.3 Å². The molecule has 7 heteroatoms. The fourth-order valence-corrected chi connectivity index (χ4v) is 4.22. The van der Waals surface area contributed by atoms with Crippen LogP contribution in [0.4, 0.5) is 11.8 Å². The fraction of sp³-hybridized carbons (Fsp3) is 0.722. The number of carbonyl (C=O) groups is 1. The first-order valence-electron chi connectivity index (χ1n) is 9.45. The minimum absolute atomic E-state index is 0.348. The third-order valence-electron chi connectivity index (χ3n) is 5.99. The van der Waals surface area contributed by atoms with Crippen molar-refractivity contribution in [2.24, 2.45) is 17.6 Å². The van der Waals surface area contributed by atoms with Crippen molar-refractivity contribution in [1.82, 2.24) is 9.97 Å². The van der Waals surface area contributed by atoms with Crippen LogP contribution in [0.5, 0.6) is 0 Å². The smallest absolute Gasteiger partial charge is 0.254 e. The zero-order valence-corrected chi connectivity index (χ0v) is 14.7. The second-order valence-electron chi connectivity index (χ2n) is 7.56. The number of rotatable bonds is 7. The van der Waals surface area contributed by atoms with Gasteiger partial charge in [-0.2, -0.15) is 4.98 Å². The summed E-state index contributed by atoms with van der Waals surface area (Å²) < 4.78 is 5.70. The Morgan fingerprint density at radius 2 is 1.96 bits per heavy atom. The first kappa shape index (κ1) is 16.6. The Kier molecular flexibility index (Phi) is 4.50. The summed E-state index contributed by atoms with van der Waals surface area (Å²) >= 11 is 0. The number of hydrogen-bond donors (Lipinski definition) is 3. The van der Waals surface area contributed by atoms with E-state index in [1.54, 1.807) is 0 Å². The van der Waals surface area contributed by atoms with Crippen LogP contribution in [0.1, 0.15) is 55.8 Å². The summed E-state index contributed by atoms with van der Waals surface area (Å²) in [5.74, 6) is 2.11. The van der Waals surface area contributed by atoms with Crippen LogP contribution in [0.2, 0.25) is 0 Å². The van der Waals surface area contributed by atoms with E-state index in [9.17, 15) is 4.79 Å². The number of primary amides is 1. The normalized spacial score (nSPS) is 33.1. The minimum Gasteiger partial charge on any atom is -0.379 e. The van der Waals surface area contributed by atoms with Gasteiger partial charge in [-0.15, -0.1) is 0 Å². The van der Waals surface area contributed by atoms with E-state index < -0.39 is 5.91 Å². The van der Waals surface area contributed by atoms with Crippen LogP contribution in [-0.2, 0) is 4.74 Å². The Morgan fingerprint density at radius 1 is 1.24 bits per heavy atom. The maximum absolute atomic E-state index is 11.7. The van der Waals surface area contributed by atoms with Crippen molar-refractivity contribution < 1.29 is 9.53 Å². The summed E-state index contributed by atoms with van der Waals surface area (Å²) in [6.07, 6.45) is 8.70. The van der Waals surface area contributed by atoms with Crippen molar-refractivity contribution in [3.63, 3.8) is 0 Å². The van der Waals surface area contributed by atoms with E-state index in [2.05, 4.69) is 20.6 Å². The van der Waals surface area contributed by atoms with Crippen molar-refractivity contribution >= 4 is 17.7 Å². The number of nitrogens with one attached hydrogen (secondary N) is 2. The molecule has 0 atom stereocenters. The molecule has 136 valence electrons. The van der Waals surface area contributed by atoms with Crippen molar-refractivity contribution in [3.8, 4) is 0 Å². The quantitative estimate of drug-likeness (QED) is 0.700. The topological polar surface area (TPSA) is 102 Å². The molecular formula is C18H27N5O2. The van der Waals surface area contributed by atoms with Crippen LogP contribution in [0.25, 0.3) is 0 Å². The molecule has 4 aliphatic rings. The Labute approximate surface area is 148 Å². The second kappa shape index (κ2) is 6.78. The molecule has 0 unspecified atom stereocenters. The molecule has 0 radical (unpaired) electrons. The summed E-state index contributed by atoms with van der Waals surface area (Å²) in [6.45, 7) is 2.82. The fourth-order valence-electron chi connectivity index (χ4n) is 4.22. The van der Waals surface area contributed by atoms with Gasteiger partial charge in [0.2, 0.25) is 5.95 Å². The second-order valence-corrected chi connectivity index (χ2v) is 7.56. The SMILES string of the molecule is CCO[C@H]1CC[C@H](Nc2ncc(C(N)=O)c(NC3C4CC3C4)n2)CC1. The molecule has 0 aliphatic heterocycles. The van der Waals surface area contributed by atoms with Gasteiger partial charge >= 0.3 is 0 Å². The van der Waals surface area contributed by atoms with Crippen LogP contribution >= 0.6 is 0 Å². The van der Waals surface area contributed by atoms with E-state index in [0.29, 0.717) is 35.5 Å². The lowest BCUT2D eigenvalue weighted by Gasteiger charge is -2.58. The third kappa shape index (κ3) is 3.29. The van der Waals surface area contributed by atoms with Gasteiger partial charge in [0, 0.05) is 24.9 Å². The lowest BCUT2D eigenvalue weighted by molar-refractivity contribution is -0.00415. The summed E-state index contributed by atoms with van der Waals surface area (Å²) in [5, 5.41) is 6.83. The largest absolute Gasteiger partial charge is 0.379 e. The van der Waals surface area contributed by atoms with Crippen molar-refractivity contribution in [2.75, 3.05) is 17.2 Å². The van der Waals surface area contributed by atoms with Gasteiger partial charge in [-0.3, -0.25) is 4.79 Å². The van der Waals surface area contributed by atoms with Crippen LogP contribution < -0.4 is 16.4 Å². The zero-order chi connectivity index (χ0) is 17.4. The summed E-state index contributed by atoms with van der Waals surface area (Å²) in [6, 6.07) is 0.795. The van der Waals surface area contributed by atoms with Crippen LogP contribution in [0, 0.1) is 11.8 Å². The van der Waals surface area contributed by atoms with E-state index in [1.165, 1.54) is 19.0 Å². The molecule has 2 bridgehead atoms. The average Bonchev–Trinajstić information content (AvgIpc) is 2.53. The predicted molar refractivity (Wildman–Crippen MR) is 95.5 cm³/mol. The van der Waals surface area contributed by atoms with Gasteiger partial charge in [0.15, 0.2) is 0 Å². The molecule has 0 saturated heterocycles. The van der Waals surface area contributed by atoms with Crippen LogP contribution in [0.3, 0.4) is 0 Å². The molecule has 1 aromatic heterocycles. The molecular weight excluding hydrogens is 318 g/mol. The van der Waals surface area contributed by atoms with E-state index in [4.69, 9.17) is 10.5 Å². The predicted octanol–water partition coefficient (Wildman–Crippen LogP) is 2.16. The van der Waals surface area contributed by atoms with Crippen LogP contribution in [0.15, 0.2) is 6.20 Å². The van der Waals surface area contributed by atoms with Crippen molar-refractivity contribution in [2.45, 2.75) is 63.6 Å². The number of amides is 1. The molecule has 4 aliphatic carbocycles. The molecule has 4 saturated carbocycles. The molecule has 1 aromatic rings. The Hall–Kier alpha value is -1.89. The molecule has 1 heterocycles. The van der Waals surface area contributed by atoms with E-state index in [0.717, 1.165) is 44.1 Å². The number of nitrogens with two attached hydrogens (primary N) is 1. The Morgan fingerprint density at radius 3 is 2.52 bits per heavy atom. The van der Waals surface area contributed by atoms with Gasteiger partial charge < -0.3 is 21.1 Å². The Balaban J connectivity index is 1.40. The van der Waals surface area contributed by atoms with Crippen LogP contribution in [-0.4, -0.2) is 40.7 Å². The number of hydrogen-bond acceptors (Lipinski definition) is 6. The zero-order valence-electron chi connectivity index (χ0n) is 14.7. The number of carbonyl (C=O) groups excluding carboxylic acids is 1. The molecule has 7 nitrogen and oxygen atoms in total. The van der Waals surface area contributed by atoms with E-state index in [1.807, 2.05) is 6.92 Å². The molecule has 0 aromatic carbocycles. The van der Waals surface area contributed by atoms with E-state index >= 15 is 0 Å². The van der Waals surface area contributed by atoms with Gasteiger partial charge in [-0.25, -0.2) is 4.98 Å². The number of nitrogens with zero attached hydrogens (tertiary/aromatic N) is 2. The van der Waals surface area contributed by atoms with Gasteiger partial charge in [0.25, 0.3) is 5.91 Å². The van der Waals surface area contributed by atoms with E-state index in [-0.39, 0.29) is 0 Å². The Bertz CT molecular complexity index is 630. The van der Waals surface area contributed by atoms with Gasteiger partial charge in [0.1, 0.15) is 5.82 Å². The van der Waals surface area contributed by atoms with Gasteiger partial charge in [0.05, 0.1) is 11.7 Å². The lowest BCUT2D eigenvalue weighted by Crippen LogP contribution is -2.59. The first-order valence-corrected chi connectivity index (χ1v) is 9.45. The standard InChI is InChI=1S/C18H27N5O2/c1-2-25-13-5-3-12(4-6-13)21-18-20-9-14(16(19)24)17(23-18)22-15-10-7-11(15)8-10/h9-13,15H,2-8H2,1H3,(H2,19,24)(H2,20,21,22,23)/t10?,11?,12-,13-,15?. The molecule has 0 spiro atoms. The third-order valence-corrected chi connectivity index (χ3v) is 5.99. The average molecular weight is 345 g/mol. The molecule has 1 amide bonds. The molecule has 25 heavy (non-hydrogen) atoms. The van der Waals surface area contributed by atoms with Gasteiger partial charge in [-0.1, -0.05) is 0 Å². The minimum atomic E-state index is -0.487. The highest BCUT2D eigenvalue weighted by Crippen LogP contribution is 2.54. The summed E-state index contributed by atoms with van der Waals surface area (Å²) in [5.41, 5.74) is 5.85. The van der Waals surface area contributed by atoms with Crippen molar-refractivity contribution in [1.29, 1.82) is 0 Å². The first-order chi connectivity index (χ1) is 12.1. The summed E-state index contributed by atoms with van der Waals surface area (Å²) in [7, 11) is 0. The maximum atomic E-state index is 11.7. The number of aromatic nitrogens is 2. The van der Waals surface area contributed by atoms with Crippen molar-refractivity contribution in [3.05, 3.63) is 11.8 Å². The molecule has 5 rings (SSSR count). The lowest BCUT2D eigenvalue weighted by atomic mass is 9.52. The maximum Gasteiger partial charge on any atom is 0.254 e. The highest BCUT2D eigenvalue weighted by Gasteiger charge is 2.52.